The summed E-state index contributed by atoms with van der Waals surface area (Å²) >= 11 is 0. The second kappa shape index (κ2) is 5.32. The highest BCUT2D eigenvalue weighted by molar-refractivity contribution is 5.92. The Morgan fingerprint density at radius 3 is 2.81 bits per heavy atom. The van der Waals surface area contributed by atoms with Crippen LogP contribution in [0, 0.1) is 5.41 Å². The van der Waals surface area contributed by atoms with Crippen LogP contribution in [0.2, 0.25) is 0 Å². The molecule has 21 heavy (non-hydrogen) atoms. The van der Waals surface area contributed by atoms with E-state index < -0.39 is 29.6 Å². The molecule has 1 N–H and O–H groups in total. The van der Waals surface area contributed by atoms with E-state index in [0.29, 0.717) is 19.2 Å². The molecule has 5 nitrogen and oxygen atoms in total. The molecule has 8 heteroatoms. The van der Waals surface area contributed by atoms with E-state index in [9.17, 15) is 23.1 Å². The van der Waals surface area contributed by atoms with Gasteiger partial charge in [0.05, 0.1) is 6.10 Å². The molecule has 118 valence electrons. The topological polar surface area (TPSA) is 66.6 Å². The van der Waals surface area contributed by atoms with Crippen LogP contribution in [0.1, 0.15) is 42.9 Å². The van der Waals surface area contributed by atoms with Crippen molar-refractivity contribution in [3.63, 3.8) is 0 Å². The quantitative estimate of drug-likeness (QED) is 0.864. The maximum atomic E-state index is 12.8. The van der Waals surface area contributed by atoms with Gasteiger partial charge in [-0.3, -0.25) is 4.79 Å². The number of hydrogen-bond acceptors (Lipinski definition) is 4. The lowest BCUT2D eigenvalue weighted by Gasteiger charge is -2.29. The Labute approximate surface area is 119 Å². The molecule has 2 heterocycles. The summed E-state index contributed by atoms with van der Waals surface area (Å²) in [4.78, 5) is 16.7. The van der Waals surface area contributed by atoms with Crippen molar-refractivity contribution in [3.05, 3.63) is 17.8 Å². The molecule has 0 saturated carbocycles. The standard InChI is InChI=1S/C13H17F3N2O3/c1-12(2)5-8(19)3-4-18(6-12)11(20)9-10(13(14,15)16)17-7-21-9/h7-8,19H,3-6H2,1-2H3. The molecule has 0 bridgehead atoms. The molecule has 1 aromatic heterocycles. The Morgan fingerprint density at radius 2 is 2.19 bits per heavy atom. The molecular formula is C13H17F3N2O3. The number of amides is 1. The highest BCUT2D eigenvalue weighted by Gasteiger charge is 2.42. The number of aliphatic hydroxyl groups excluding tert-OH is 1. The fourth-order valence-electron chi connectivity index (χ4n) is 2.62. The van der Waals surface area contributed by atoms with Crippen LogP contribution < -0.4 is 0 Å². The van der Waals surface area contributed by atoms with Crippen LogP contribution in [0.3, 0.4) is 0 Å². The molecule has 1 aliphatic rings. The second-order valence-electron chi connectivity index (χ2n) is 6.07. The van der Waals surface area contributed by atoms with Gasteiger partial charge in [0.1, 0.15) is 0 Å². The lowest BCUT2D eigenvalue weighted by molar-refractivity contribution is -0.141. The van der Waals surface area contributed by atoms with Crippen molar-refractivity contribution in [2.24, 2.45) is 5.41 Å². The normalized spacial score (nSPS) is 23.0. The van der Waals surface area contributed by atoms with Gasteiger partial charge in [0.25, 0.3) is 5.91 Å². The SMILES string of the molecule is CC1(C)CC(O)CCN(C(=O)c2ocnc2C(F)(F)F)C1. The number of alkyl halides is 3. The van der Waals surface area contributed by atoms with E-state index in [-0.39, 0.29) is 18.5 Å². The molecule has 0 aromatic carbocycles. The number of rotatable bonds is 1. The van der Waals surface area contributed by atoms with Gasteiger partial charge in [-0.05, 0) is 18.3 Å². The van der Waals surface area contributed by atoms with Crippen molar-refractivity contribution in [2.75, 3.05) is 13.1 Å². The maximum absolute atomic E-state index is 12.8. The Kier molecular flexibility index (Phi) is 4.01. The van der Waals surface area contributed by atoms with E-state index in [2.05, 4.69) is 9.40 Å². The predicted molar refractivity (Wildman–Crippen MR) is 66.4 cm³/mol. The van der Waals surface area contributed by atoms with Gasteiger partial charge in [0, 0.05) is 13.1 Å². The van der Waals surface area contributed by atoms with Crippen LogP contribution in [0.25, 0.3) is 0 Å². The average molecular weight is 306 g/mol. The van der Waals surface area contributed by atoms with Gasteiger partial charge in [0.15, 0.2) is 12.1 Å². The van der Waals surface area contributed by atoms with Crippen molar-refractivity contribution in [1.82, 2.24) is 9.88 Å². The second-order valence-corrected chi connectivity index (χ2v) is 6.07. The lowest BCUT2D eigenvalue weighted by atomic mass is 9.87. The van der Waals surface area contributed by atoms with Crippen LogP contribution in [0.15, 0.2) is 10.8 Å². The van der Waals surface area contributed by atoms with Crippen LogP contribution in [-0.2, 0) is 6.18 Å². The zero-order valence-electron chi connectivity index (χ0n) is 11.8. The Morgan fingerprint density at radius 1 is 1.52 bits per heavy atom. The van der Waals surface area contributed by atoms with E-state index >= 15 is 0 Å². The fourth-order valence-corrected chi connectivity index (χ4v) is 2.62. The molecule has 1 fully saturated rings. The monoisotopic (exact) mass is 306 g/mol. The summed E-state index contributed by atoms with van der Waals surface area (Å²) in [6.45, 7) is 4.14. The number of likely N-dealkylation sites (tertiary alicyclic amines) is 1. The van der Waals surface area contributed by atoms with Gasteiger partial charge in [-0.25, -0.2) is 4.98 Å². The molecule has 1 amide bonds. The molecule has 1 aliphatic heterocycles. The number of halogens is 3. The van der Waals surface area contributed by atoms with E-state index in [1.807, 2.05) is 13.8 Å². The third-order valence-electron chi connectivity index (χ3n) is 3.46. The van der Waals surface area contributed by atoms with Crippen LogP contribution in [0.4, 0.5) is 13.2 Å². The van der Waals surface area contributed by atoms with Crippen molar-refractivity contribution >= 4 is 5.91 Å². The Balaban J connectivity index is 2.26. The predicted octanol–water partition coefficient (Wildman–Crippen LogP) is 2.32. The first-order valence-corrected chi connectivity index (χ1v) is 6.58. The van der Waals surface area contributed by atoms with Crippen LogP contribution in [-0.4, -0.2) is 40.1 Å². The number of nitrogens with zero attached hydrogens (tertiary/aromatic N) is 2. The number of aromatic nitrogens is 1. The molecular weight excluding hydrogens is 289 g/mol. The maximum Gasteiger partial charge on any atom is 0.437 e. The first-order valence-electron chi connectivity index (χ1n) is 6.58. The minimum absolute atomic E-state index is 0.182. The number of hydrogen-bond donors (Lipinski definition) is 1. The van der Waals surface area contributed by atoms with Crippen molar-refractivity contribution in [2.45, 2.75) is 39.0 Å². The Bertz CT molecular complexity index is 525. The molecule has 0 radical (unpaired) electrons. The lowest BCUT2D eigenvalue weighted by Crippen LogP contribution is -2.38. The van der Waals surface area contributed by atoms with Gasteiger partial charge < -0.3 is 14.4 Å². The molecule has 0 aliphatic carbocycles. The molecule has 0 spiro atoms. The minimum Gasteiger partial charge on any atom is -0.438 e. The van der Waals surface area contributed by atoms with Gasteiger partial charge in [-0.2, -0.15) is 13.2 Å². The molecule has 1 saturated heterocycles. The highest BCUT2D eigenvalue weighted by Crippen LogP contribution is 2.33. The first kappa shape index (κ1) is 15.8. The number of aliphatic hydroxyl groups is 1. The van der Waals surface area contributed by atoms with Gasteiger partial charge >= 0.3 is 6.18 Å². The largest absolute Gasteiger partial charge is 0.438 e. The van der Waals surface area contributed by atoms with E-state index in [1.54, 1.807) is 0 Å². The summed E-state index contributed by atoms with van der Waals surface area (Å²) < 4.78 is 43.0. The number of oxazole rings is 1. The number of carbonyl (C=O) groups is 1. The summed E-state index contributed by atoms with van der Waals surface area (Å²) in [6, 6.07) is 0. The van der Waals surface area contributed by atoms with Crippen LogP contribution >= 0.6 is 0 Å². The van der Waals surface area contributed by atoms with Gasteiger partial charge in [-0.15, -0.1) is 0 Å². The zero-order chi connectivity index (χ0) is 15.8. The smallest absolute Gasteiger partial charge is 0.437 e. The van der Waals surface area contributed by atoms with Gasteiger partial charge in [0.2, 0.25) is 5.76 Å². The molecule has 2 rings (SSSR count). The van der Waals surface area contributed by atoms with E-state index in [1.165, 1.54) is 4.90 Å². The van der Waals surface area contributed by atoms with Crippen molar-refractivity contribution in [3.8, 4) is 0 Å². The summed E-state index contributed by atoms with van der Waals surface area (Å²) in [5.74, 6) is -1.64. The zero-order valence-corrected chi connectivity index (χ0v) is 11.8. The van der Waals surface area contributed by atoms with E-state index in [0.717, 1.165) is 0 Å². The fraction of sp³-hybridized carbons (Fsp3) is 0.692. The minimum atomic E-state index is -4.74. The third-order valence-corrected chi connectivity index (χ3v) is 3.46. The summed E-state index contributed by atoms with van der Waals surface area (Å²) in [5.41, 5.74) is -1.70. The third kappa shape index (κ3) is 3.55. The average Bonchev–Trinajstić information content (AvgIpc) is 2.76. The van der Waals surface area contributed by atoms with Crippen LogP contribution in [0.5, 0.6) is 0 Å². The number of carbonyl (C=O) groups excluding carboxylic acids is 1. The molecule has 1 aromatic rings. The first-order chi connectivity index (χ1) is 9.60. The highest BCUT2D eigenvalue weighted by atomic mass is 19.4. The van der Waals surface area contributed by atoms with Gasteiger partial charge in [-0.1, -0.05) is 13.8 Å². The molecule has 1 unspecified atom stereocenters. The molecule has 1 atom stereocenters. The van der Waals surface area contributed by atoms with Crippen molar-refractivity contribution < 1.29 is 27.5 Å². The summed E-state index contributed by atoms with van der Waals surface area (Å²) in [7, 11) is 0. The van der Waals surface area contributed by atoms with Crippen molar-refractivity contribution in [1.29, 1.82) is 0 Å². The van der Waals surface area contributed by atoms with E-state index in [4.69, 9.17) is 0 Å². The summed E-state index contributed by atoms with van der Waals surface area (Å²) in [6.07, 6.45) is -3.88. The summed E-state index contributed by atoms with van der Waals surface area (Å²) in [5, 5.41) is 9.79. The Hall–Kier alpha value is -1.57.